The molecule has 0 amide bonds. The van der Waals surface area contributed by atoms with E-state index in [-0.39, 0.29) is 6.61 Å². The van der Waals surface area contributed by atoms with Gasteiger partial charge in [-0.3, -0.25) is 9.80 Å². The molecule has 1 aliphatic heterocycles. The van der Waals surface area contributed by atoms with Crippen molar-refractivity contribution in [2.24, 2.45) is 0 Å². The predicted octanol–water partition coefficient (Wildman–Crippen LogP) is 4.46. The van der Waals surface area contributed by atoms with Crippen LogP contribution in [-0.4, -0.2) is 74.6 Å². The molecule has 1 N–H and O–H groups in total. The van der Waals surface area contributed by atoms with E-state index in [9.17, 15) is 5.11 Å². The van der Waals surface area contributed by atoms with E-state index in [1.54, 1.807) is 19.2 Å². The molecule has 8 heteroatoms. The van der Waals surface area contributed by atoms with Crippen LogP contribution in [0.2, 0.25) is 5.02 Å². The third kappa shape index (κ3) is 8.12. The number of halogens is 2. The van der Waals surface area contributed by atoms with Gasteiger partial charge in [0.1, 0.15) is 25.1 Å². The van der Waals surface area contributed by atoms with Gasteiger partial charge in [0, 0.05) is 29.1 Å². The fourth-order valence-corrected chi connectivity index (χ4v) is 4.64. The van der Waals surface area contributed by atoms with E-state index in [0.29, 0.717) is 30.5 Å². The maximum absolute atomic E-state index is 10.4. The molecule has 1 fully saturated rings. The molecule has 1 atom stereocenters. The zero-order valence-electron chi connectivity index (χ0n) is 18.7. The average Bonchev–Trinajstić information content (AvgIpc) is 3.26. The highest BCUT2D eigenvalue weighted by molar-refractivity contribution is 9.10. The summed E-state index contributed by atoms with van der Waals surface area (Å²) in [4.78, 5) is 4.47. The lowest BCUT2D eigenvalue weighted by atomic mass is 10.2. The second kappa shape index (κ2) is 12.7. The van der Waals surface area contributed by atoms with Gasteiger partial charge in [0.05, 0.1) is 7.11 Å². The van der Waals surface area contributed by atoms with Crippen molar-refractivity contribution in [3.63, 3.8) is 0 Å². The molecule has 1 aliphatic rings. The highest BCUT2D eigenvalue weighted by atomic mass is 79.9. The van der Waals surface area contributed by atoms with Crippen molar-refractivity contribution in [2.45, 2.75) is 25.5 Å². The number of likely N-dealkylation sites (N-methyl/N-ethyl adjacent to an activating group) is 1. The molecule has 3 rings (SSSR count). The summed E-state index contributed by atoms with van der Waals surface area (Å²) >= 11 is 9.42. The van der Waals surface area contributed by atoms with Crippen LogP contribution >= 0.6 is 27.5 Å². The van der Waals surface area contributed by atoms with Crippen molar-refractivity contribution in [1.29, 1.82) is 0 Å². The van der Waals surface area contributed by atoms with Crippen molar-refractivity contribution in [3.8, 4) is 17.2 Å². The smallest absolute Gasteiger partial charge is 0.161 e. The van der Waals surface area contributed by atoms with Gasteiger partial charge in [0.15, 0.2) is 11.5 Å². The standard InChI is InChI=1S/C24H32BrClN2O4/c1-27(16-21(29)17-32-22-13-19(25)12-20(26)14-22)15-18-5-6-23(24(11-18)30-2)31-10-9-28-7-3-4-8-28/h5-6,11-14,21,29H,3-4,7-10,15-17H2,1-2H3. The first kappa shape index (κ1) is 25.1. The fraction of sp³-hybridized carbons (Fsp3) is 0.500. The Morgan fingerprint density at radius 1 is 1.12 bits per heavy atom. The summed E-state index contributed by atoms with van der Waals surface area (Å²) in [5, 5.41) is 11.0. The third-order valence-corrected chi connectivity index (χ3v) is 6.02. The van der Waals surface area contributed by atoms with Crippen LogP contribution in [0.25, 0.3) is 0 Å². The summed E-state index contributed by atoms with van der Waals surface area (Å²) in [6.07, 6.45) is 1.93. The first-order valence-electron chi connectivity index (χ1n) is 10.9. The van der Waals surface area contributed by atoms with E-state index in [1.165, 1.54) is 25.9 Å². The lowest BCUT2D eigenvalue weighted by Crippen LogP contribution is -2.32. The Hall–Kier alpha value is -1.51. The van der Waals surface area contributed by atoms with Gasteiger partial charge in [0.2, 0.25) is 0 Å². The summed E-state index contributed by atoms with van der Waals surface area (Å²) in [6.45, 7) is 5.26. The van der Waals surface area contributed by atoms with Gasteiger partial charge < -0.3 is 19.3 Å². The van der Waals surface area contributed by atoms with E-state index in [4.69, 9.17) is 25.8 Å². The second-order valence-electron chi connectivity index (χ2n) is 8.15. The summed E-state index contributed by atoms with van der Waals surface area (Å²) in [6, 6.07) is 11.3. The summed E-state index contributed by atoms with van der Waals surface area (Å²) in [5.41, 5.74) is 1.09. The molecule has 1 heterocycles. The number of rotatable bonds is 12. The first-order valence-corrected chi connectivity index (χ1v) is 12.1. The molecule has 6 nitrogen and oxygen atoms in total. The monoisotopic (exact) mass is 526 g/mol. The van der Waals surface area contributed by atoms with Gasteiger partial charge in [-0.25, -0.2) is 0 Å². The first-order chi connectivity index (χ1) is 15.4. The number of hydrogen-bond donors (Lipinski definition) is 1. The Balaban J connectivity index is 1.45. The fourth-order valence-electron chi connectivity index (χ4n) is 3.81. The highest BCUT2D eigenvalue weighted by Crippen LogP contribution is 2.29. The van der Waals surface area contributed by atoms with Crippen molar-refractivity contribution in [2.75, 3.05) is 53.6 Å². The van der Waals surface area contributed by atoms with Crippen LogP contribution in [0.3, 0.4) is 0 Å². The largest absolute Gasteiger partial charge is 0.493 e. The molecular weight excluding hydrogens is 496 g/mol. The van der Waals surface area contributed by atoms with Gasteiger partial charge in [-0.15, -0.1) is 0 Å². The Kier molecular flexibility index (Phi) is 9.93. The molecule has 0 radical (unpaired) electrons. The van der Waals surface area contributed by atoms with Crippen molar-refractivity contribution >= 4 is 27.5 Å². The van der Waals surface area contributed by atoms with Crippen LogP contribution < -0.4 is 14.2 Å². The molecule has 1 unspecified atom stereocenters. The Morgan fingerprint density at radius 2 is 1.91 bits per heavy atom. The zero-order valence-corrected chi connectivity index (χ0v) is 21.1. The van der Waals surface area contributed by atoms with E-state index in [0.717, 1.165) is 28.1 Å². The number of hydrogen-bond acceptors (Lipinski definition) is 6. The highest BCUT2D eigenvalue weighted by Gasteiger charge is 2.14. The topological polar surface area (TPSA) is 54.4 Å². The lowest BCUT2D eigenvalue weighted by Gasteiger charge is -2.22. The van der Waals surface area contributed by atoms with Crippen LogP contribution in [0.15, 0.2) is 40.9 Å². The predicted molar refractivity (Wildman–Crippen MR) is 131 cm³/mol. The van der Waals surface area contributed by atoms with Gasteiger partial charge in [-0.05, 0) is 68.9 Å². The van der Waals surface area contributed by atoms with Crippen LogP contribution in [0.5, 0.6) is 17.2 Å². The quantitative estimate of drug-likeness (QED) is 0.440. The normalized spacial score (nSPS) is 15.2. The number of ether oxygens (including phenoxy) is 3. The van der Waals surface area contributed by atoms with E-state index < -0.39 is 6.10 Å². The van der Waals surface area contributed by atoms with Gasteiger partial charge in [-0.2, -0.15) is 0 Å². The summed E-state index contributed by atoms with van der Waals surface area (Å²) in [5.74, 6) is 2.11. The third-order valence-electron chi connectivity index (χ3n) is 5.35. The van der Waals surface area contributed by atoms with Gasteiger partial charge >= 0.3 is 0 Å². The number of methoxy groups -OCH3 is 1. The summed E-state index contributed by atoms with van der Waals surface area (Å²) in [7, 11) is 3.62. The van der Waals surface area contributed by atoms with E-state index in [1.807, 2.05) is 36.2 Å². The average molecular weight is 528 g/mol. The number of nitrogens with zero attached hydrogens (tertiary/aromatic N) is 2. The minimum absolute atomic E-state index is 0.185. The van der Waals surface area contributed by atoms with Crippen molar-refractivity contribution in [1.82, 2.24) is 9.80 Å². The minimum Gasteiger partial charge on any atom is -0.493 e. The molecule has 2 aromatic carbocycles. The molecule has 32 heavy (non-hydrogen) atoms. The molecule has 0 saturated carbocycles. The SMILES string of the molecule is COc1cc(CN(C)CC(O)COc2cc(Cl)cc(Br)c2)ccc1OCCN1CCCC1. The number of aliphatic hydroxyl groups excluding tert-OH is 1. The van der Waals surface area contributed by atoms with E-state index >= 15 is 0 Å². The second-order valence-corrected chi connectivity index (χ2v) is 9.50. The molecule has 176 valence electrons. The maximum Gasteiger partial charge on any atom is 0.161 e. The molecule has 0 aliphatic carbocycles. The molecule has 0 aromatic heterocycles. The van der Waals surface area contributed by atoms with E-state index in [2.05, 4.69) is 20.8 Å². The zero-order chi connectivity index (χ0) is 22.9. The van der Waals surface area contributed by atoms with Crippen LogP contribution in [0.1, 0.15) is 18.4 Å². The summed E-state index contributed by atoms with van der Waals surface area (Å²) < 4.78 is 18.0. The minimum atomic E-state index is -0.632. The molecule has 2 aromatic rings. The number of aliphatic hydroxyl groups is 1. The van der Waals surface area contributed by atoms with Gasteiger partial charge in [0.25, 0.3) is 0 Å². The molecule has 0 spiro atoms. The maximum atomic E-state index is 10.4. The van der Waals surface area contributed by atoms with Crippen LogP contribution in [0.4, 0.5) is 0 Å². The van der Waals surface area contributed by atoms with Crippen LogP contribution in [-0.2, 0) is 6.54 Å². The molecule has 1 saturated heterocycles. The number of benzene rings is 2. The lowest BCUT2D eigenvalue weighted by molar-refractivity contribution is 0.0743. The Labute approximate surface area is 204 Å². The number of likely N-dealkylation sites (tertiary alicyclic amines) is 1. The Morgan fingerprint density at radius 3 is 2.62 bits per heavy atom. The Bertz CT molecular complexity index is 844. The molecule has 0 bridgehead atoms. The van der Waals surface area contributed by atoms with Gasteiger partial charge in [-0.1, -0.05) is 33.6 Å². The van der Waals surface area contributed by atoms with Crippen molar-refractivity contribution < 1.29 is 19.3 Å². The molecular formula is C24H32BrClN2O4. The van der Waals surface area contributed by atoms with Crippen LogP contribution in [0, 0.1) is 0 Å². The van der Waals surface area contributed by atoms with Crippen molar-refractivity contribution in [3.05, 3.63) is 51.5 Å².